The second-order valence-corrected chi connectivity index (χ2v) is 16.3. The van der Waals surface area contributed by atoms with E-state index in [0.29, 0.717) is 31.6 Å². The Kier molecular flexibility index (Phi) is 16.5. The molecule has 1 aromatic carbocycles. The molecule has 2 aromatic rings. The molecule has 1 aromatic heterocycles. The largest absolute Gasteiger partial charge is 0.394 e. The van der Waals surface area contributed by atoms with Crippen LogP contribution in [0.15, 0.2) is 42.9 Å². The average molecular weight is 791 g/mol. The van der Waals surface area contributed by atoms with Crippen molar-refractivity contribution in [1.29, 1.82) is 0 Å². The lowest BCUT2D eigenvalue weighted by atomic mass is 10.0. The minimum atomic E-state index is -4.61. The lowest BCUT2D eigenvalue weighted by Gasteiger charge is -2.28. The first-order valence-corrected chi connectivity index (χ1v) is 20.1. The van der Waals surface area contributed by atoms with Crippen LogP contribution in [0.25, 0.3) is 0 Å². The number of aliphatic hydroxyl groups excluding tert-OH is 1. The van der Waals surface area contributed by atoms with Gasteiger partial charge in [0.1, 0.15) is 30.2 Å². The maximum Gasteiger partial charge on any atom is 0.325 e. The molecule has 4 unspecified atom stereocenters. The Morgan fingerprint density at radius 2 is 1.55 bits per heavy atom. The number of primary amides is 1. The summed E-state index contributed by atoms with van der Waals surface area (Å²) in [6.45, 7) is 8.31. The fourth-order valence-corrected chi connectivity index (χ4v) is 7.60. The second kappa shape index (κ2) is 20.3. The molecule has 2 heterocycles. The monoisotopic (exact) mass is 790 g/mol. The number of rotatable bonds is 20. The second-order valence-electron chi connectivity index (χ2n) is 14.6. The summed E-state index contributed by atoms with van der Waals surface area (Å²) in [6, 6.07) is 3.24. The van der Waals surface area contributed by atoms with Crippen LogP contribution in [0, 0.1) is 11.8 Å². The highest BCUT2D eigenvalue weighted by Gasteiger charge is 2.37. The van der Waals surface area contributed by atoms with Gasteiger partial charge < -0.3 is 51.4 Å². The minimum absolute atomic E-state index is 0.0282. The number of nitrogens with two attached hydrogens (primary N) is 1. The Bertz CT molecular complexity index is 1700. The van der Waals surface area contributed by atoms with Crippen LogP contribution in [0.5, 0.6) is 0 Å². The van der Waals surface area contributed by atoms with Crippen molar-refractivity contribution in [2.45, 2.75) is 103 Å². The molecule has 1 aliphatic heterocycles. The van der Waals surface area contributed by atoms with Gasteiger partial charge in [0.25, 0.3) is 0 Å². The zero-order chi connectivity index (χ0) is 41.0. The fraction of sp³-hybridized carbons (Fsp3) is 0.583. The van der Waals surface area contributed by atoms with Gasteiger partial charge in [0, 0.05) is 38.3 Å². The number of carbonyl (C=O) groups excluding carboxylic acids is 6. The van der Waals surface area contributed by atoms with Gasteiger partial charge in [-0.3, -0.25) is 33.3 Å². The molecule has 0 saturated carbocycles. The summed E-state index contributed by atoms with van der Waals surface area (Å²) in [5, 5.41) is 20.3. The van der Waals surface area contributed by atoms with E-state index in [-0.39, 0.29) is 30.6 Å². The molecule has 1 aliphatic rings. The van der Waals surface area contributed by atoms with Crippen LogP contribution in [0.1, 0.15) is 71.1 Å². The standard InChI is InChI=1S/C36H55N8O10P/c1-21(2)14-27(40-36(51)30-12-9-13-44(30)24(5)46)33(48)39-28(15-26-16-38-20-43(26)17-22(3)25-10-7-6-8-11-25)34(49)41-29(18-45)35(50)42-31(32(37)47)23(4)19-55(52,53)54/h6-8,10-11,16,20-23,27-31,45H,9,12-15,17-19H2,1-5H3,(H2,37,47)(H,39,48)(H,40,51)(H,41,49)(H,42,50)(H2,52,53,54)/t22?,23?,27-,28-,29-,30?,31?/m0/s1. The predicted molar refractivity (Wildman–Crippen MR) is 201 cm³/mol. The van der Waals surface area contributed by atoms with Gasteiger partial charge in [0.15, 0.2) is 0 Å². The van der Waals surface area contributed by atoms with E-state index in [1.807, 2.05) is 55.7 Å². The van der Waals surface area contributed by atoms with Gasteiger partial charge in [0.2, 0.25) is 35.4 Å². The van der Waals surface area contributed by atoms with Gasteiger partial charge >= 0.3 is 7.60 Å². The lowest BCUT2D eigenvalue weighted by Crippen LogP contribution is -2.60. The Hall–Kier alpha value is -4.64. The quantitative estimate of drug-likeness (QED) is 0.0794. The first kappa shape index (κ1) is 44.8. The van der Waals surface area contributed by atoms with Crippen LogP contribution in [0.3, 0.4) is 0 Å². The molecule has 55 heavy (non-hydrogen) atoms. The number of nitrogens with zero attached hydrogens (tertiary/aromatic N) is 3. The van der Waals surface area contributed by atoms with E-state index in [2.05, 4.69) is 26.3 Å². The normalized spacial score (nSPS) is 17.7. The number of imidazole rings is 1. The molecule has 0 radical (unpaired) electrons. The molecule has 0 aliphatic carbocycles. The topological polar surface area (TPSA) is 275 Å². The zero-order valence-electron chi connectivity index (χ0n) is 31.9. The lowest BCUT2D eigenvalue weighted by molar-refractivity contribution is -0.138. The van der Waals surface area contributed by atoms with Crippen molar-refractivity contribution in [1.82, 2.24) is 35.7 Å². The molecule has 18 nitrogen and oxygen atoms in total. The molecule has 304 valence electrons. The van der Waals surface area contributed by atoms with E-state index >= 15 is 0 Å². The molecular weight excluding hydrogens is 735 g/mol. The third kappa shape index (κ3) is 13.6. The van der Waals surface area contributed by atoms with Crippen LogP contribution >= 0.6 is 7.60 Å². The summed E-state index contributed by atoms with van der Waals surface area (Å²) >= 11 is 0. The van der Waals surface area contributed by atoms with Crippen molar-refractivity contribution in [2.24, 2.45) is 17.6 Å². The zero-order valence-corrected chi connectivity index (χ0v) is 32.8. The summed E-state index contributed by atoms with van der Waals surface area (Å²) in [5.41, 5.74) is 7.01. The smallest absolute Gasteiger partial charge is 0.325 e. The Morgan fingerprint density at radius 1 is 0.927 bits per heavy atom. The number of aromatic nitrogens is 2. The molecule has 6 amide bonds. The summed E-state index contributed by atoms with van der Waals surface area (Å²) < 4.78 is 13.4. The third-order valence-corrected chi connectivity index (χ3v) is 10.6. The van der Waals surface area contributed by atoms with Crippen LogP contribution in [0.4, 0.5) is 0 Å². The van der Waals surface area contributed by atoms with E-state index in [1.54, 1.807) is 6.33 Å². The van der Waals surface area contributed by atoms with Crippen LogP contribution < -0.4 is 27.0 Å². The van der Waals surface area contributed by atoms with Crippen LogP contribution in [-0.2, 0) is 46.3 Å². The third-order valence-electron chi connectivity index (χ3n) is 9.50. The van der Waals surface area contributed by atoms with Gasteiger partial charge in [-0.05, 0) is 42.6 Å². The van der Waals surface area contributed by atoms with Gasteiger partial charge in [-0.2, -0.15) is 0 Å². The van der Waals surface area contributed by atoms with Gasteiger partial charge in [-0.15, -0.1) is 0 Å². The fourth-order valence-electron chi connectivity index (χ4n) is 6.64. The Morgan fingerprint density at radius 3 is 2.13 bits per heavy atom. The number of hydrogen-bond acceptors (Lipinski definition) is 9. The highest BCUT2D eigenvalue weighted by atomic mass is 31.2. The maximum atomic E-state index is 14.0. The first-order chi connectivity index (χ1) is 25.8. The maximum absolute atomic E-state index is 14.0. The van der Waals surface area contributed by atoms with Gasteiger partial charge in [-0.25, -0.2) is 4.98 Å². The van der Waals surface area contributed by atoms with Gasteiger partial charge in [0.05, 0.1) is 19.1 Å². The minimum Gasteiger partial charge on any atom is -0.394 e. The Labute approximate surface area is 320 Å². The molecule has 19 heteroatoms. The molecule has 1 saturated heterocycles. The van der Waals surface area contributed by atoms with E-state index in [9.17, 15) is 48.2 Å². The molecule has 1 fully saturated rings. The average Bonchev–Trinajstić information content (AvgIpc) is 3.78. The molecule has 9 N–H and O–H groups in total. The van der Waals surface area contributed by atoms with Crippen molar-refractivity contribution in [3.05, 3.63) is 54.1 Å². The van der Waals surface area contributed by atoms with Crippen molar-refractivity contribution >= 4 is 43.0 Å². The van der Waals surface area contributed by atoms with E-state index in [0.717, 1.165) is 5.56 Å². The summed E-state index contributed by atoms with van der Waals surface area (Å²) in [7, 11) is -4.61. The number of hydrogen-bond donors (Lipinski definition) is 8. The van der Waals surface area contributed by atoms with Crippen molar-refractivity contribution in [2.75, 3.05) is 19.3 Å². The van der Waals surface area contributed by atoms with Crippen LogP contribution in [-0.4, -0.2) is 114 Å². The highest BCUT2D eigenvalue weighted by Crippen LogP contribution is 2.37. The number of nitrogens with one attached hydrogen (secondary N) is 4. The highest BCUT2D eigenvalue weighted by molar-refractivity contribution is 7.51. The summed E-state index contributed by atoms with van der Waals surface area (Å²) in [6.07, 6.45) is 3.45. The van der Waals surface area contributed by atoms with Crippen molar-refractivity contribution in [3.8, 4) is 0 Å². The van der Waals surface area contributed by atoms with Crippen molar-refractivity contribution < 1.29 is 48.2 Å². The SMILES string of the molecule is CC(=O)N1CCCC1C(=O)N[C@@H](CC(C)C)C(=O)N[C@@H](Cc1cncn1CC(C)c1ccccc1)C(=O)N[C@@H](CO)C(=O)NC(C(N)=O)C(C)CP(=O)(O)O. The molecule has 7 atom stereocenters. The van der Waals surface area contributed by atoms with E-state index in [4.69, 9.17) is 5.73 Å². The number of amides is 6. The van der Waals surface area contributed by atoms with Crippen molar-refractivity contribution in [3.63, 3.8) is 0 Å². The predicted octanol–water partition coefficient (Wildman–Crippen LogP) is -0.483. The molecular formula is C36H55N8O10P. The van der Waals surface area contributed by atoms with Crippen LogP contribution in [0.2, 0.25) is 0 Å². The summed E-state index contributed by atoms with van der Waals surface area (Å²) in [4.78, 5) is 103. The number of benzene rings is 1. The molecule has 0 spiro atoms. The first-order valence-electron chi connectivity index (χ1n) is 18.3. The summed E-state index contributed by atoms with van der Waals surface area (Å²) in [5.74, 6) is -5.70. The number of likely N-dealkylation sites (tertiary alicyclic amines) is 1. The number of carbonyl (C=O) groups is 6. The Balaban J connectivity index is 1.90. The molecule has 0 bridgehead atoms. The molecule has 3 rings (SSSR count). The van der Waals surface area contributed by atoms with Gasteiger partial charge in [-0.1, -0.05) is 58.0 Å². The number of aliphatic hydroxyl groups is 1. The van der Waals surface area contributed by atoms with E-state index < -0.39 is 86.0 Å². The van der Waals surface area contributed by atoms with E-state index in [1.165, 1.54) is 24.9 Å².